The average Bonchev–Trinajstić information content (AvgIpc) is 2.92. The van der Waals surface area contributed by atoms with Gasteiger partial charge < -0.3 is 25.4 Å². The number of thioether (sulfide) groups is 1. The van der Waals surface area contributed by atoms with Crippen molar-refractivity contribution in [2.24, 2.45) is 0 Å². The molecule has 1 unspecified atom stereocenters. The van der Waals surface area contributed by atoms with Crippen molar-refractivity contribution in [2.75, 3.05) is 13.0 Å². The van der Waals surface area contributed by atoms with Crippen LogP contribution < -0.4 is 15.2 Å². The van der Waals surface area contributed by atoms with Gasteiger partial charge >= 0.3 is 13.1 Å². The second-order valence-corrected chi connectivity index (χ2v) is 6.03. The maximum atomic E-state index is 11.5. The number of hydrogen-bond donors (Lipinski definition) is 3. The molecule has 2 aromatic rings. The van der Waals surface area contributed by atoms with Crippen LogP contribution in [0.5, 0.6) is 11.5 Å². The van der Waals surface area contributed by atoms with Crippen LogP contribution >= 0.6 is 11.8 Å². The van der Waals surface area contributed by atoms with E-state index in [9.17, 15) is 14.9 Å². The van der Waals surface area contributed by atoms with Crippen molar-refractivity contribution in [3.63, 3.8) is 0 Å². The molecule has 1 aliphatic heterocycles. The van der Waals surface area contributed by atoms with Gasteiger partial charge in [-0.2, -0.15) is 0 Å². The number of nitrogens with two attached hydrogens (primary N) is 1. The lowest BCUT2D eigenvalue weighted by Crippen LogP contribution is -2.41. The molecule has 1 aromatic carbocycles. The number of nitrogens with zero attached hydrogens (tertiary/aromatic N) is 3. The molecule has 4 N–H and O–H groups in total. The van der Waals surface area contributed by atoms with Crippen molar-refractivity contribution >= 4 is 24.8 Å². The topological polar surface area (TPSA) is 133 Å². The first-order valence-electron chi connectivity index (χ1n) is 6.61. The van der Waals surface area contributed by atoms with E-state index < -0.39 is 18.2 Å². The number of fused-ring (bicyclic) bond motifs is 1. The smallest absolute Gasteiger partial charge is 0.534 e. The minimum Gasteiger partial charge on any atom is -0.534 e. The molecule has 0 amide bonds. The molecule has 2 heterocycles. The van der Waals surface area contributed by atoms with Crippen molar-refractivity contribution in [3.05, 3.63) is 29.6 Å². The fourth-order valence-corrected chi connectivity index (χ4v) is 3.31. The Morgan fingerprint density at radius 3 is 3.00 bits per heavy atom. The molecule has 120 valence electrons. The van der Waals surface area contributed by atoms with Crippen LogP contribution in [0.4, 0.5) is 0 Å². The summed E-state index contributed by atoms with van der Waals surface area (Å²) in [6, 6.07) is 3.28. The van der Waals surface area contributed by atoms with Crippen LogP contribution in [0.2, 0.25) is 0 Å². The highest BCUT2D eigenvalue weighted by molar-refractivity contribution is 8.01. The molecular formula is C12H13BN4O5S. The normalized spacial score (nSPS) is 16.6. The highest BCUT2D eigenvalue weighted by atomic mass is 32.2. The molecule has 0 radical (unpaired) electrons. The molecule has 0 spiro atoms. The second kappa shape index (κ2) is 6.01. The monoisotopic (exact) mass is 336 g/mol. The summed E-state index contributed by atoms with van der Waals surface area (Å²) in [5, 5.41) is 27.1. The third kappa shape index (κ3) is 2.80. The molecule has 0 saturated heterocycles. The lowest BCUT2D eigenvalue weighted by atomic mass is 9.77. The minimum absolute atomic E-state index is 0.102. The van der Waals surface area contributed by atoms with Crippen LogP contribution in [0.3, 0.4) is 0 Å². The Balaban J connectivity index is 1.93. The van der Waals surface area contributed by atoms with Gasteiger partial charge in [-0.3, -0.25) is 0 Å². The zero-order chi connectivity index (χ0) is 16.6. The summed E-state index contributed by atoms with van der Waals surface area (Å²) in [4.78, 5) is 11.5. The molecule has 3 rings (SSSR count). The first-order valence-corrected chi connectivity index (χ1v) is 7.49. The summed E-state index contributed by atoms with van der Waals surface area (Å²) >= 11 is 1.20. The number of carboxylic acids is 1. The first kappa shape index (κ1) is 15.5. The van der Waals surface area contributed by atoms with Gasteiger partial charge in [-0.25, -0.2) is 9.47 Å². The van der Waals surface area contributed by atoms with Gasteiger partial charge in [0.1, 0.15) is 23.4 Å². The number of nitrogen functional groups attached to an aromatic ring is 1. The summed E-state index contributed by atoms with van der Waals surface area (Å²) in [5.74, 6) is 4.77. The van der Waals surface area contributed by atoms with Gasteiger partial charge in [-0.05, 0) is 18.1 Å². The predicted molar refractivity (Wildman–Crippen MR) is 82.1 cm³/mol. The highest BCUT2D eigenvalue weighted by Crippen LogP contribution is 2.39. The zero-order valence-electron chi connectivity index (χ0n) is 12.0. The van der Waals surface area contributed by atoms with Crippen LogP contribution in [-0.4, -0.2) is 50.4 Å². The van der Waals surface area contributed by atoms with Crippen molar-refractivity contribution in [1.29, 1.82) is 0 Å². The van der Waals surface area contributed by atoms with Gasteiger partial charge in [0, 0.05) is 0 Å². The van der Waals surface area contributed by atoms with E-state index in [2.05, 4.69) is 10.2 Å². The molecule has 9 nitrogen and oxygen atoms in total. The van der Waals surface area contributed by atoms with Gasteiger partial charge in [0.05, 0.1) is 12.3 Å². The Hall–Kier alpha value is -2.40. The van der Waals surface area contributed by atoms with E-state index in [1.165, 1.54) is 29.9 Å². The SMILES string of the molecule is COc1ccc2c(c1C(=O)O)OB(O)C(Sc1nncn1N)C2. The number of aromatic nitrogens is 3. The van der Waals surface area contributed by atoms with Crippen molar-refractivity contribution in [2.45, 2.75) is 16.7 Å². The van der Waals surface area contributed by atoms with Crippen LogP contribution in [0.15, 0.2) is 23.6 Å². The number of ether oxygens (including phenoxy) is 1. The predicted octanol–water partition coefficient (Wildman–Crippen LogP) is -0.186. The molecule has 11 heteroatoms. The maximum absolute atomic E-state index is 11.5. The standard InChI is InChI=1S/C12H13BN4O5S/c1-21-7-3-2-6-4-8(23-12-16-15-5-17(12)14)13(20)22-10(6)9(7)11(18)19/h2-3,5,8,20H,4,14H2,1H3,(H,18,19). The molecule has 0 saturated carbocycles. The number of carbonyl (C=O) groups is 1. The van der Waals surface area contributed by atoms with Crippen LogP contribution in [-0.2, 0) is 6.42 Å². The maximum Gasteiger partial charge on any atom is 0.537 e. The second-order valence-electron chi connectivity index (χ2n) is 4.83. The van der Waals surface area contributed by atoms with E-state index in [1.54, 1.807) is 12.1 Å². The van der Waals surface area contributed by atoms with Gasteiger partial charge in [-0.1, -0.05) is 17.8 Å². The number of carboxylic acid groups (broad SMARTS) is 1. The Labute approximate surface area is 135 Å². The summed E-state index contributed by atoms with van der Waals surface area (Å²) in [6.45, 7) is 0. The molecule has 1 aliphatic rings. The Bertz CT molecular complexity index is 755. The number of aromatic carboxylic acids is 1. The van der Waals surface area contributed by atoms with Gasteiger partial charge in [0.2, 0.25) is 5.16 Å². The third-order valence-corrected chi connectivity index (χ3v) is 4.62. The van der Waals surface area contributed by atoms with Crippen LogP contribution in [0.25, 0.3) is 0 Å². The average molecular weight is 336 g/mol. The van der Waals surface area contributed by atoms with E-state index in [4.69, 9.17) is 15.2 Å². The number of benzene rings is 1. The van der Waals surface area contributed by atoms with Gasteiger partial charge in [-0.15, -0.1) is 10.2 Å². The summed E-state index contributed by atoms with van der Waals surface area (Å²) in [7, 11) is 0.162. The fraction of sp³-hybridized carbons (Fsp3) is 0.250. The number of methoxy groups -OCH3 is 1. The molecule has 0 fully saturated rings. The Morgan fingerprint density at radius 1 is 1.61 bits per heavy atom. The summed E-state index contributed by atoms with van der Waals surface area (Å²) < 4.78 is 11.7. The van der Waals surface area contributed by atoms with E-state index >= 15 is 0 Å². The number of rotatable bonds is 4. The van der Waals surface area contributed by atoms with Crippen molar-refractivity contribution in [1.82, 2.24) is 14.9 Å². The number of hydrogen-bond acceptors (Lipinski definition) is 8. The van der Waals surface area contributed by atoms with E-state index in [0.29, 0.717) is 17.1 Å². The molecule has 0 bridgehead atoms. The highest BCUT2D eigenvalue weighted by Gasteiger charge is 2.39. The summed E-state index contributed by atoms with van der Waals surface area (Å²) in [5.41, 5.74) is 0.559. The molecule has 1 aromatic heterocycles. The lowest BCUT2D eigenvalue weighted by Gasteiger charge is -2.28. The Morgan fingerprint density at radius 2 is 2.39 bits per heavy atom. The zero-order valence-corrected chi connectivity index (χ0v) is 12.9. The molecule has 23 heavy (non-hydrogen) atoms. The van der Waals surface area contributed by atoms with Crippen LogP contribution in [0, 0.1) is 0 Å². The van der Waals surface area contributed by atoms with E-state index in [1.807, 2.05) is 0 Å². The first-order chi connectivity index (χ1) is 11.0. The largest absolute Gasteiger partial charge is 0.537 e. The molecule has 1 atom stereocenters. The summed E-state index contributed by atoms with van der Waals surface area (Å²) in [6.07, 6.45) is 1.73. The molecule has 0 aliphatic carbocycles. The molecular weight excluding hydrogens is 323 g/mol. The Kier molecular flexibility index (Phi) is 4.05. The van der Waals surface area contributed by atoms with E-state index in [-0.39, 0.29) is 17.1 Å². The van der Waals surface area contributed by atoms with Crippen molar-refractivity contribution in [3.8, 4) is 11.5 Å². The van der Waals surface area contributed by atoms with Gasteiger partial charge in [0.25, 0.3) is 0 Å². The third-order valence-electron chi connectivity index (χ3n) is 3.41. The van der Waals surface area contributed by atoms with E-state index in [0.717, 1.165) is 0 Å². The fourth-order valence-electron chi connectivity index (χ4n) is 2.34. The van der Waals surface area contributed by atoms with Crippen molar-refractivity contribution < 1.29 is 24.3 Å². The van der Waals surface area contributed by atoms with Gasteiger partial charge in [0.15, 0.2) is 0 Å². The quantitative estimate of drug-likeness (QED) is 0.513. The van der Waals surface area contributed by atoms with Crippen LogP contribution in [0.1, 0.15) is 15.9 Å². The lowest BCUT2D eigenvalue weighted by molar-refractivity contribution is 0.0690. The minimum atomic E-state index is -1.21.